The lowest BCUT2D eigenvalue weighted by atomic mass is 9.89. The Morgan fingerprint density at radius 1 is 1.31 bits per heavy atom. The molecule has 2 heterocycles. The second kappa shape index (κ2) is 7.36. The van der Waals surface area contributed by atoms with Crippen molar-refractivity contribution >= 4 is 25.2 Å². The van der Waals surface area contributed by atoms with Crippen molar-refractivity contribution in [2.24, 2.45) is 0 Å². The molecule has 1 aromatic heterocycles. The van der Waals surface area contributed by atoms with Crippen molar-refractivity contribution < 1.29 is 9.53 Å². The van der Waals surface area contributed by atoms with Gasteiger partial charge in [0.05, 0.1) is 24.1 Å². The van der Waals surface area contributed by atoms with Gasteiger partial charge in [-0.2, -0.15) is 0 Å². The fourth-order valence-electron chi connectivity index (χ4n) is 2.93. The number of nitrogens with one attached hydrogen (secondary N) is 1. The maximum Gasteiger partial charge on any atom is 0.407 e. The van der Waals surface area contributed by atoms with Gasteiger partial charge in [0.25, 0.3) is 0 Å². The highest BCUT2D eigenvalue weighted by atomic mass is 16.6. The minimum absolute atomic E-state index is 0.0251. The molecule has 134 valence electrons. The molecule has 0 unspecified atom stereocenters. The van der Waals surface area contributed by atoms with Gasteiger partial charge in [0.2, 0.25) is 0 Å². The van der Waals surface area contributed by atoms with Crippen molar-refractivity contribution in [3.63, 3.8) is 0 Å². The van der Waals surface area contributed by atoms with Crippen molar-refractivity contribution in [2.75, 3.05) is 18.0 Å². The average molecular weight is 350 g/mol. The first-order chi connectivity index (χ1) is 12.3. The van der Waals surface area contributed by atoms with E-state index in [1.165, 1.54) is 0 Å². The molecule has 26 heavy (non-hydrogen) atoms. The average Bonchev–Trinajstić information content (AvgIpc) is 3.02. The second-order valence-electron chi connectivity index (χ2n) is 7.43. The van der Waals surface area contributed by atoms with Crippen LogP contribution in [0.3, 0.4) is 0 Å². The third-order valence-electron chi connectivity index (χ3n) is 4.09. The van der Waals surface area contributed by atoms with Crippen LogP contribution in [-0.4, -0.2) is 48.6 Å². The number of hydrogen-bond acceptors (Lipinski definition) is 5. The van der Waals surface area contributed by atoms with E-state index in [0.717, 1.165) is 30.0 Å². The summed E-state index contributed by atoms with van der Waals surface area (Å²) >= 11 is 0. The number of nitrogens with zero attached hydrogens (tertiary/aromatic N) is 3. The lowest BCUT2D eigenvalue weighted by Crippen LogP contribution is -2.40. The molecular formula is C19H23BN4O2. The van der Waals surface area contributed by atoms with E-state index in [-0.39, 0.29) is 12.1 Å². The molecule has 1 fully saturated rings. The van der Waals surface area contributed by atoms with Crippen molar-refractivity contribution in [3.05, 3.63) is 36.7 Å². The Hall–Kier alpha value is -2.57. The Labute approximate surface area is 155 Å². The van der Waals surface area contributed by atoms with E-state index < -0.39 is 5.60 Å². The summed E-state index contributed by atoms with van der Waals surface area (Å²) in [5.74, 6) is 0.777. The number of aromatic nitrogens is 2. The molecular weight excluding hydrogens is 327 g/mol. The Bertz CT molecular complexity index is 791. The molecule has 1 atom stereocenters. The van der Waals surface area contributed by atoms with Gasteiger partial charge < -0.3 is 15.0 Å². The van der Waals surface area contributed by atoms with Crippen LogP contribution in [0.2, 0.25) is 0 Å². The predicted octanol–water partition coefficient (Wildman–Crippen LogP) is 2.04. The topological polar surface area (TPSA) is 67.4 Å². The van der Waals surface area contributed by atoms with E-state index in [4.69, 9.17) is 17.6 Å². The van der Waals surface area contributed by atoms with E-state index in [0.29, 0.717) is 12.0 Å². The van der Waals surface area contributed by atoms with Gasteiger partial charge >= 0.3 is 6.09 Å². The van der Waals surface area contributed by atoms with Crippen LogP contribution in [0.5, 0.6) is 0 Å². The number of rotatable bonds is 3. The normalized spacial score (nSPS) is 17.2. The molecule has 1 saturated heterocycles. The fraction of sp³-hybridized carbons (Fsp3) is 0.421. The molecule has 1 aliphatic rings. The fourth-order valence-corrected chi connectivity index (χ4v) is 2.93. The standard InChI is InChI=1S/C19H23BN4O2/c1-19(2,3)26-18(25)22-13-8-9-24(12-13)17-11-21-10-16(23-17)14-6-4-5-7-15(14)20/h4-7,10-11,13H,8-9,12H2,1-3H3,(H,22,25)/t13-/m1/s1. The molecule has 3 rings (SSSR count). The molecule has 0 spiro atoms. The van der Waals surface area contributed by atoms with Gasteiger partial charge in [-0.15, -0.1) is 0 Å². The Morgan fingerprint density at radius 2 is 2.08 bits per heavy atom. The molecule has 1 aromatic carbocycles. The molecule has 0 saturated carbocycles. The Balaban J connectivity index is 1.67. The maximum atomic E-state index is 11.9. The molecule has 2 aromatic rings. The number of alkyl carbamates (subject to hydrolysis) is 1. The zero-order valence-corrected chi connectivity index (χ0v) is 15.4. The van der Waals surface area contributed by atoms with Crippen LogP contribution >= 0.6 is 0 Å². The highest BCUT2D eigenvalue weighted by Crippen LogP contribution is 2.21. The SMILES string of the molecule is [B]c1ccccc1-c1cncc(N2CC[C@@H](NC(=O)OC(C)(C)C)C2)n1. The van der Waals surface area contributed by atoms with Crippen LogP contribution in [0, 0.1) is 0 Å². The molecule has 7 heteroatoms. The molecule has 2 radical (unpaired) electrons. The van der Waals surface area contributed by atoms with Gasteiger partial charge in [0.15, 0.2) is 0 Å². The monoisotopic (exact) mass is 350 g/mol. The molecule has 6 nitrogen and oxygen atoms in total. The highest BCUT2D eigenvalue weighted by Gasteiger charge is 2.27. The first-order valence-electron chi connectivity index (χ1n) is 8.73. The van der Waals surface area contributed by atoms with Gasteiger partial charge in [0.1, 0.15) is 19.3 Å². The number of ether oxygens (including phenoxy) is 1. The summed E-state index contributed by atoms with van der Waals surface area (Å²) in [6.45, 7) is 7.02. The number of carbonyl (C=O) groups is 1. The summed E-state index contributed by atoms with van der Waals surface area (Å²) in [4.78, 5) is 23.1. The van der Waals surface area contributed by atoms with Crippen molar-refractivity contribution in [1.29, 1.82) is 0 Å². The number of benzene rings is 1. The molecule has 1 aliphatic heterocycles. The summed E-state index contributed by atoms with van der Waals surface area (Å²) in [5, 5.41) is 2.92. The first-order valence-corrected chi connectivity index (χ1v) is 8.73. The Kier molecular flexibility index (Phi) is 5.16. The summed E-state index contributed by atoms with van der Waals surface area (Å²) in [5.41, 5.74) is 1.77. The minimum atomic E-state index is -0.502. The number of anilines is 1. The van der Waals surface area contributed by atoms with Gasteiger partial charge in [-0.3, -0.25) is 4.98 Å². The van der Waals surface area contributed by atoms with Crippen LogP contribution in [0.25, 0.3) is 11.3 Å². The summed E-state index contributed by atoms with van der Waals surface area (Å²) in [6.07, 6.45) is 3.89. The van der Waals surface area contributed by atoms with Crippen molar-refractivity contribution in [2.45, 2.75) is 38.8 Å². The lowest BCUT2D eigenvalue weighted by Gasteiger charge is -2.22. The van der Waals surface area contributed by atoms with Crippen LogP contribution in [-0.2, 0) is 4.74 Å². The number of carbonyl (C=O) groups excluding carboxylic acids is 1. The van der Waals surface area contributed by atoms with E-state index in [9.17, 15) is 4.79 Å². The number of hydrogen-bond donors (Lipinski definition) is 1. The Morgan fingerprint density at radius 3 is 2.81 bits per heavy atom. The van der Waals surface area contributed by atoms with Crippen molar-refractivity contribution in [3.8, 4) is 11.3 Å². The molecule has 1 N–H and O–H groups in total. The van der Waals surface area contributed by atoms with E-state index in [1.54, 1.807) is 12.4 Å². The largest absolute Gasteiger partial charge is 0.444 e. The summed E-state index contributed by atoms with van der Waals surface area (Å²) in [6, 6.07) is 7.62. The summed E-state index contributed by atoms with van der Waals surface area (Å²) in [7, 11) is 6.04. The zero-order valence-electron chi connectivity index (χ0n) is 15.4. The van der Waals surface area contributed by atoms with E-state index in [1.807, 2.05) is 45.0 Å². The quantitative estimate of drug-likeness (QED) is 0.858. The first kappa shape index (κ1) is 18.2. The van der Waals surface area contributed by atoms with Gasteiger partial charge in [-0.1, -0.05) is 29.7 Å². The lowest BCUT2D eigenvalue weighted by molar-refractivity contribution is 0.0509. The molecule has 1 amide bonds. The zero-order chi connectivity index (χ0) is 18.7. The van der Waals surface area contributed by atoms with E-state index >= 15 is 0 Å². The molecule has 0 aliphatic carbocycles. The van der Waals surface area contributed by atoms with Crippen molar-refractivity contribution in [1.82, 2.24) is 15.3 Å². The summed E-state index contributed by atoms with van der Waals surface area (Å²) < 4.78 is 5.32. The van der Waals surface area contributed by atoms with Gasteiger partial charge in [-0.25, -0.2) is 9.78 Å². The van der Waals surface area contributed by atoms with Crippen LogP contribution in [0.1, 0.15) is 27.2 Å². The van der Waals surface area contributed by atoms with E-state index in [2.05, 4.69) is 15.2 Å². The van der Waals surface area contributed by atoms with Crippen LogP contribution in [0.4, 0.5) is 10.6 Å². The third-order valence-corrected chi connectivity index (χ3v) is 4.09. The van der Waals surface area contributed by atoms with Crippen LogP contribution in [0.15, 0.2) is 36.7 Å². The second-order valence-corrected chi connectivity index (χ2v) is 7.43. The molecule has 0 bridgehead atoms. The predicted molar refractivity (Wildman–Crippen MR) is 103 cm³/mol. The third kappa shape index (κ3) is 4.53. The van der Waals surface area contributed by atoms with Gasteiger partial charge in [0, 0.05) is 13.1 Å². The van der Waals surface area contributed by atoms with Gasteiger partial charge in [-0.05, 0) is 32.8 Å². The smallest absolute Gasteiger partial charge is 0.407 e. The minimum Gasteiger partial charge on any atom is -0.444 e. The highest BCUT2D eigenvalue weighted by molar-refractivity contribution is 6.35. The number of amides is 1. The maximum absolute atomic E-state index is 11.9. The van der Waals surface area contributed by atoms with Crippen LogP contribution < -0.4 is 15.7 Å².